The van der Waals surface area contributed by atoms with Crippen molar-refractivity contribution in [3.05, 3.63) is 77.2 Å². The molecule has 3 aromatic rings. The minimum atomic E-state index is -0.349. The molecule has 0 saturated heterocycles. The largest absolute Gasteiger partial charge is 0.462 e. The quantitative estimate of drug-likeness (QED) is 0.548. The molecule has 2 N–H and O–H groups in total. The predicted molar refractivity (Wildman–Crippen MR) is 111 cm³/mol. The van der Waals surface area contributed by atoms with Gasteiger partial charge in [-0.2, -0.15) is 4.98 Å². The molecule has 2 aromatic carbocycles. The molecule has 0 aliphatic rings. The third-order valence-electron chi connectivity index (χ3n) is 4.16. The van der Waals surface area contributed by atoms with Crippen LogP contribution in [0.25, 0.3) is 0 Å². The number of aryl methyl sites for hydroxylation is 1. The van der Waals surface area contributed by atoms with Crippen LogP contribution in [0.5, 0.6) is 0 Å². The zero-order valence-corrected chi connectivity index (χ0v) is 16.4. The lowest BCUT2D eigenvalue weighted by molar-refractivity contribution is 0.0526. The molecule has 0 radical (unpaired) electrons. The van der Waals surface area contributed by atoms with Gasteiger partial charge in [-0.3, -0.25) is 0 Å². The third-order valence-corrected chi connectivity index (χ3v) is 4.16. The number of carbonyl (C=O) groups excluding carboxylic acids is 1. The third kappa shape index (κ3) is 5.75. The van der Waals surface area contributed by atoms with E-state index in [2.05, 4.69) is 20.6 Å². The fourth-order valence-electron chi connectivity index (χ4n) is 2.77. The Morgan fingerprint density at radius 3 is 2.59 bits per heavy atom. The van der Waals surface area contributed by atoms with Crippen LogP contribution < -0.4 is 10.6 Å². The number of halogens is 1. The van der Waals surface area contributed by atoms with E-state index in [1.807, 2.05) is 19.1 Å². The van der Waals surface area contributed by atoms with Crippen molar-refractivity contribution in [1.82, 2.24) is 9.97 Å². The van der Waals surface area contributed by atoms with Gasteiger partial charge < -0.3 is 15.4 Å². The Labute approximate surface area is 169 Å². The van der Waals surface area contributed by atoms with Gasteiger partial charge in [-0.25, -0.2) is 14.2 Å². The zero-order valence-electron chi connectivity index (χ0n) is 16.4. The lowest BCUT2D eigenvalue weighted by atomic mass is 10.1. The number of nitrogens with zero attached hydrogens (tertiary/aromatic N) is 2. The van der Waals surface area contributed by atoms with Crippen LogP contribution >= 0.6 is 0 Å². The molecule has 7 heteroatoms. The SMILES string of the molecule is CCOC(=O)c1ccc(Nc2cc(C)nc(NCCc3ccccc3F)n2)cc1. The lowest BCUT2D eigenvalue weighted by Crippen LogP contribution is -2.10. The second kappa shape index (κ2) is 9.64. The van der Waals surface area contributed by atoms with Crippen LogP contribution in [-0.2, 0) is 11.2 Å². The van der Waals surface area contributed by atoms with Crippen LogP contribution in [-0.4, -0.2) is 29.1 Å². The van der Waals surface area contributed by atoms with Crippen molar-refractivity contribution in [3.8, 4) is 0 Å². The van der Waals surface area contributed by atoms with Crippen molar-refractivity contribution in [2.45, 2.75) is 20.3 Å². The second-order valence-corrected chi connectivity index (χ2v) is 6.41. The summed E-state index contributed by atoms with van der Waals surface area (Å²) >= 11 is 0. The first-order chi connectivity index (χ1) is 14.0. The van der Waals surface area contributed by atoms with Gasteiger partial charge in [0.1, 0.15) is 11.6 Å². The fourth-order valence-corrected chi connectivity index (χ4v) is 2.77. The van der Waals surface area contributed by atoms with Gasteiger partial charge in [-0.15, -0.1) is 0 Å². The van der Waals surface area contributed by atoms with E-state index in [-0.39, 0.29) is 11.8 Å². The lowest BCUT2D eigenvalue weighted by Gasteiger charge is -2.11. The van der Waals surface area contributed by atoms with E-state index in [0.29, 0.717) is 42.5 Å². The van der Waals surface area contributed by atoms with Gasteiger partial charge in [0, 0.05) is 24.0 Å². The molecule has 6 nitrogen and oxygen atoms in total. The first kappa shape index (κ1) is 20.3. The van der Waals surface area contributed by atoms with Crippen molar-refractivity contribution in [2.24, 2.45) is 0 Å². The van der Waals surface area contributed by atoms with Gasteiger partial charge in [-0.1, -0.05) is 18.2 Å². The van der Waals surface area contributed by atoms with Crippen LogP contribution in [0.2, 0.25) is 0 Å². The van der Waals surface area contributed by atoms with Crippen LogP contribution in [0.1, 0.15) is 28.5 Å². The Morgan fingerprint density at radius 2 is 1.86 bits per heavy atom. The van der Waals surface area contributed by atoms with E-state index in [1.165, 1.54) is 6.07 Å². The minimum absolute atomic E-state index is 0.215. The van der Waals surface area contributed by atoms with Crippen LogP contribution in [0.15, 0.2) is 54.6 Å². The molecule has 0 aliphatic heterocycles. The van der Waals surface area contributed by atoms with Crippen molar-refractivity contribution in [3.63, 3.8) is 0 Å². The monoisotopic (exact) mass is 394 g/mol. The van der Waals surface area contributed by atoms with Gasteiger partial charge in [0.05, 0.1) is 12.2 Å². The molecular weight excluding hydrogens is 371 g/mol. The highest BCUT2D eigenvalue weighted by Gasteiger charge is 2.07. The number of aromatic nitrogens is 2. The summed E-state index contributed by atoms with van der Waals surface area (Å²) in [6, 6.07) is 15.5. The van der Waals surface area contributed by atoms with Gasteiger partial charge in [0.25, 0.3) is 0 Å². The molecule has 3 rings (SSSR count). The number of benzene rings is 2. The van der Waals surface area contributed by atoms with Crippen LogP contribution in [0, 0.1) is 12.7 Å². The van der Waals surface area contributed by atoms with Gasteiger partial charge >= 0.3 is 5.97 Å². The Morgan fingerprint density at radius 1 is 1.10 bits per heavy atom. The van der Waals surface area contributed by atoms with Gasteiger partial charge in [-0.05, 0) is 56.2 Å². The number of nitrogens with one attached hydrogen (secondary N) is 2. The summed E-state index contributed by atoms with van der Waals surface area (Å²) in [5.41, 5.74) is 2.71. The first-order valence-electron chi connectivity index (χ1n) is 9.42. The summed E-state index contributed by atoms with van der Waals surface area (Å²) in [6.07, 6.45) is 0.530. The molecule has 0 unspecified atom stereocenters. The zero-order chi connectivity index (χ0) is 20.6. The molecule has 1 aromatic heterocycles. The number of hydrogen-bond acceptors (Lipinski definition) is 6. The maximum absolute atomic E-state index is 13.7. The Bertz CT molecular complexity index is 977. The van der Waals surface area contributed by atoms with Crippen LogP contribution in [0.3, 0.4) is 0 Å². The number of esters is 1. The Kier molecular flexibility index (Phi) is 6.73. The summed E-state index contributed by atoms with van der Waals surface area (Å²) < 4.78 is 18.7. The highest BCUT2D eigenvalue weighted by Crippen LogP contribution is 2.18. The highest BCUT2D eigenvalue weighted by atomic mass is 19.1. The maximum atomic E-state index is 13.7. The van der Waals surface area contributed by atoms with Gasteiger partial charge in [0.2, 0.25) is 5.95 Å². The first-order valence-corrected chi connectivity index (χ1v) is 9.42. The van der Waals surface area contributed by atoms with E-state index < -0.39 is 0 Å². The molecular formula is C22H23FN4O2. The summed E-state index contributed by atoms with van der Waals surface area (Å²) in [4.78, 5) is 20.6. The molecule has 0 aliphatic carbocycles. The predicted octanol–water partition coefficient (Wildman–Crippen LogP) is 4.50. The highest BCUT2D eigenvalue weighted by molar-refractivity contribution is 5.89. The van der Waals surface area contributed by atoms with Crippen molar-refractivity contribution in [2.75, 3.05) is 23.8 Å². The molecule has 150 valence electrons. The topological polar surface area (TPSA) is 76.1 Å². The summed E-state index contributed by atoms with van der Waals surface area (Å²) in [5, 5.41) is 6.33. The molecule has 0 amide bonds. The normalized spacial score (nSPS) is 10.4. The van der Waals surface area contributed by atoms with E-state index in [9.17, 15) is 9.18 Å². The van der Waals surface area contributed by atoms with E-state index in [0.717, 1.165) is 11.4 Å². The second-order valence-electron chi connectivity index (χ2n) is 6.41. The standard InChI is InChI=1S/C22H23FN4O2/c1-3-29-21(28)17-8-10-18(11-9-17)26-20-14-15(2)25-22(27-20)24-13-12-16-6-4-5-7-19(16)23/h4-11,14H,3,12-13H2,1-2H3,(H2,24,25,26,27). The smallest absolute Gasteiger partial charge is 0.338 e. The molecule has 1 heterocycles. The van der Waals surface area contributed by atoms with E-state index in [1.54, 1.807) is 43.3 Å². The molecule has 0 saturated carbocycles. The summed E-state index contributed by atoms with van der Waals surface area (Å²) in [6.45, 7) is 4.50. The minimum Gasteiger partial charge on any atom is -0.462 e. The van der Waals surface area contributed by atoms with Crippen molar-refractivity contribution in [1.29, 1.82) is 0 Å². The van der Waals surface area contributed by atoms with Crippen molar-refractivity contribution < 1.29 is 13.9 Å². The number of anilines is 3. The molecule has 0 bridgehead atoms. The molecule has 29 heavy (non-hydrogen) atoms. The summed E-state index contributed by atoms with van der Waals surface area (Å²) in [7, 11) is 0. The van der Waals surface area contributed by atoms with E-state index >= 15 is 0 Å². The number of hydrogen-bond donors (Lipinski definition) is 2. The number of carbonyl (C=O) groups is 1. The van der Waals surface area contributed by atoms with Crippen LogP contribution in [0.4, 0.5) is 21.8 Å². The number of ether oxygens (including phenoxy) is 1. The van der Waals surface area contributed by atoms with Gasteiger partial charge in [0.15, 0.2) is 0 Å². The molecule has 0 atom stereocenters. The fraction of sp³-hybridized carbons (Fsp3) is 0.227. The molecule has 0 spiro atoms. The maximum Gasteiger partial charge on any atom is 0.338 e. The van der Waals surface area contributed by atoms with E-state index in [4.69, 9.17) is 4.74 Å². The average Bonchev–Trinajstić information content (AvgIpc) is 2.70. The molecule has 0 fully saturated rings. The Hall–Kier alpha value is -3.48. The average molecular weight is 394 g/mol. The number of rotatable bonds is 8. The Balaban J connectivity index is 1.63. The van der Waals surface area contributed by atoms with Crippen molar-refractivity contribution >= 4 is 23.4 Å². The summed E-state index contributed by atoms with van der Waals surface area (Å²) in [5.74, 6) is 0.521.